The normalized spacial score (nSPS) is 11.6. The maximum absolute atomic E-state index is 13.1. The van der Waals surface area contributed by atoms with E-state index in [2.05, 4.69) is 25.2 Å². The van der Waals surface area contributed by atoms with Crippen molar-refractivity contribution in [2.45, 2.75) is 46.6 Å². The molecule has 2 N–H and O–H groups in total. The molecule has 0 bridgehead atoms. The fourth-order valence-electron chi connectivity index (χ4n) is 3.76. The molecule has 0 saturated heterocycles. The van der Waals surface area contributed by atoms with E-state index in [9.17, 15) is 24.4 Å². The highest BCUT2D eigenvalue weighted by Gasteiger charge is 2.23. The third-order valence-corrected chi connectivity index (χ3v) is 6.19. The summed E-state index contributed by atoms with van der Waals surface area (Å²) in [5.74, 6) is -2.80. The summed E-state index contributed by atoms with van der Waals surface area (Å²) in [6.07, 6.45) is 2.95. The minimum Gasteiger partial charge on any atom is -0.495 e. The Morgan fingerprint density at radius 3 is 2.26 bits per heavy atom. The molecule has 1 aromatic heterocycles. The number of aromatic nitrogens is 1. The second-order valence-corrected chi connectivity index (χ2v) is 9.77. The fraction of sp³-hybridized carbons (Fsp3) is 0.323. The molecule has 11 heteroatoms. The number of nitriles is 1. The summed E-state index contributed by atoms with van der Waals surface area (Å²) in [5, 5.41) is 21.5. The Balaban J connectivity index is 0.00000197. The zero-order valence-electron chi connectivity index (χ0n) is 24.1. The van der Waals surface area contributed by atoms with Gasteiger partial charge in [-0.3, -0.25) is 19.0 Å². The number of carboxylic acids is 1. The molecule has 2 aromatic carbocycles. The predicted molar refractivity (Wildman–Crippen MR) is 160 cm³/mol. The standard InChI is InChI=1S/C28H26ClN3O7.C3H8/c1-4-23(26(34)31-20-9-6-17(7-10-20)28(37)39-15-16(2)27(35)36)32-14-24(38-3)22(12-25(32)33)21-11-19(29)8-5-18(21)13-30;1-3-2/h5-12,14,16,23H,4,15H2,1-3H3,(H,31,34)(H,35,36);3H2,1-2H3/t16-,23?;/m0./s1. The number of ether oxygens (including phenoxy) is 2. The van der Waals surface area contributed by atoms with Gasteiger partial charge in [-0.25, -0.2) is 4.79 Å². The van der Waals surface area contributed by atoms with Crippen LogP contribution >= 0.6 is 11.6 Å². The summed E-state index contributed by atoms with van der Waals surface area (Å²) < 4.78 is 11.7. The molecule has 2 atom stereocenters. The number of nitrogens with one attached hydrogen (secondary N) is 1. The number of anilines is 1. The highest BCUT2D eigenvalue weighted by molar-refractivity contribution is 6.31. The highest BCUT2D eigenvalue weighted by Crippen LogP contribution is 2.33. The van der Waals surface area contributed by atoms with Crippen LogP contribution in [0.4, 0.5) is 5.69 Å². The Bertz CT molecular complexity index is 1510. The second kappa shape index (κ2) is 16.0. The number of halogens is 1. The van der Waals surface area contributed by atoms with Crippen LogP contribution in [0.3, 0.4) is 0 Å². The monoisotopic (exact) mass is 595 g/mol. The molecule has 10 nitrogen and oxygen atoms in total. The molecule has 1 unspecified atom stereocenters. The van der Waals surface area contributed by atoms with E-state index in [0.717, 1.165) is 0 Å². The summed E-state index contributed by atoms with van der Waals surface area (Å²) in [7, 11) is 1.42. The maximum Gasteiger partial charge on any atom is 0.338 e. The van der Waals surface area contributed by atoms with Gasteiger partial charge in [0.05, 0.1) is 36.4 Å². The SMILES string of the molecule is CCC.CCC(C(=O)Nc1ccc(C(=O)OC[C@H](C)C(=O)O)cc1)n1cc(OC)c(-c2cc(Cl)ccc2C#N)cc1=O. The molecule has 0 aliphatic heterocycles. The summed E-state index contributed by atoms with van der Waals surface area (Å²) >= 11 is 6.11. The van der Waals surface area contributed by atoms with Crippen LogP contribution in [0, 0.1) is 17.2 Å². The molecule has 3 rings (SSSR count). The van der Waals surface area contributed by atoms with Gasteiger partial charge in [0.1, 0.15) is 18.4 Å². The number of carbonyl (C=O) groups is 3. The zero-order chi connectivity index (χ0) is 31.4. The van der Waals surface area contributed by atoms with Crippen LogP contribution in [-0.2, 0) is 14.3 Å². The minimum atomic E-state index is -1.07. The van der Waals surface area contributed by atoms with Crippen LogP contribution in [0.1, 0.15) is 62.5 Å². The lowest BCUT2D eigenvalue weighted by molar-refractivity contribution is -0.142. The summed E-state index contributed by atoms with van der Waals surface area (Å²) in [6, 6.07) is 13.0. The number of carbonyl (C=O) groups excluding carboxylic acids is 2. The molecule has 0 radical (unpaired) electrons. The first-order valence-electron chi connectivity index (χ1n) is 13.3. The molecular formula is C31H34ClN3O7. The Morgan fingerprint density at radius 1 is 1.07 bits per heavy atom. The van der Waals surface area contributed by atoms with Crippen molar-refractivity contribution in [1.82, 2.24) is 4.57 Å². The van der Waals surface area contributed by atoms with E-state index < -0.39 is 35.4 Å². The number of pyridine rings is 1. The minimum absolute atomic E-state index is 0.187. The van der Waals surface area contributed by atoms with E-state index in [-0.39, 0.29) is 24.3 Å². The first-order chi connectivity index (χ1) is 20.0. The van der Waals surface area contributed by atoms with Gasteiger partial charge in [-0.1, -0.05) is 38.8 Å². The number of amides is 1. The number of carboxylic acid groups (broad SMARTS) is 1. The lowest BCUT2D eigenvalue weighted by atomic mass is 10.00. The third-order valence-electron chi connectivity index (χ3n) is 5.96. The summed E-state index contributed by atoms with van der Waals surface area (Å²) in [4.78, 5) is 49.3. The van der Waals surface area contributed by atoms with Gasteiger partial charge < -0.3 is 19.9 Å². The van der Waals surface area contributed by atoms with Gasteiger partial charge in [-0.05, 0) is 55.8 Å². The lowest BCUT2D eigenvalue weighted by Gasteiger charge is -2.20. The van der Waals surface area contributed by atoms with Crippen LogP contribution in [0.25, 0.3) is 11.1 Å². The number of esters is 1. The van der Waals surface area contributed by atoms with E-state index in [0.29, 0.717) is 27.4 Å². The maximum atomic E-state index is 13.1. The molecule has 0 saturated carbocycles. The number of methoxy groups -OCH3 is 1. The summed E-state index contributed by atoms with van der Waals surface area (Å²) in [6.45, 7) is 7.16. The molecule has 0 spiro atoms. The Morgan fingerprint density at radius 2 is 1.71 bits per heavy atom. The van der Waals surface area contributed by atoms with Crippen molar-refractivity contribution < 1.29 is 29.0 Å². The second-order valence-electron chi connectivity index (χ2n) is 9.34. The van der Waals surface area contributed by atoms with Crippen LogP contribution in [-0.4, -0.2) is 41.2 Å². The number of rotatable bonds is 10. The average molecular weight is 596 g/mol. The van der Waals surface area contributed by atoms with Crippen molar-refractivity contribution in [3.63, 3.8) is 0 Å². The smallest absolute Gasteiger partial charge is 0.338 e. The van der Waals surface area contributed by atoms with Crippen LogP contribution < -0.4 is 15.6 Å². The van der Waals surface area contributed by atoms with Gasteiger partial charge in [0, 0.05) is 27.9 Å². The van der Waals surface area contributed by atoms with Gasteiger partial charge >= 0.3 is 11.9 Å². The van der Waals surface area contributed by atoms with E-state index in [1.165, 1.54) is 61.6 Å². The first-order valence-corrected chi connectivity index (χ1v) is 13.7. The number of benzene rings is 2. The Hall–Kier alpha value is -4.62. The Kier molecular flexibility index (Phi) is 12.8. The quantitative estimate of drug-likeness (QED) is 0.274. The zero-order valence-corrected chi connectivity index (χ0v) is 24.9. The third kappa shape index (κ3) is 8.69. The Labute approximate surface area is 249 Å². The molecule has 1 amide bonds. The largest absolute Gasteiger partial charge is 0.495 e. The molecule has 222 valence electrons. The average Bonchev–Trinajstić information content (AvgIpc) is 2.97. The van der Waals surface area contributed by atoms with Gasteiger partial charge in [0.2, 0.25) is 5.91 Å². The molecule has 42 heavy (non-hydrogen) atoms. The lowest BCUT2D eigenvalue weighted by Crippen LogP contribution is -2.32. The number of nitrogens with zero attached hydrogens (tertiary/aromatic N) is 2. The summed E-state index contributed by atoms with van der Waals surface area (Å²) in [5.41, 5.74) is 1.19. The van der Waals surface area contributed by atoms with Gasteiger partial charge in [-0.2, -0.15) is 5.26 Å². The van der Waals surface area contributed by atoms with Gasteiger partial charge in [0.15, 0.2) is 0 Å². The molecule has 0 aliphatic carbocycles. The van der Waals surface area contributed by atoms with E-state index in [1.807, 2.05) is 0 Å². The highest BCUT2D eigenvalue weighted by atomic mass is 35.5. The van der Waals surface area contributed by atoms with Crippen LogP contribution in [0.2, 0.25) is 5.02 Å². The van der Waals surface area contributed by atoms with Crippen LogP contribution in [0.15, 0.2) is 59.5 Å². The molecule has 0 fully saturated rings. The van der Waals surface area contributed by atoms with E-state index in [1.54, 1.807) is 25.1 Å². The van der Waals surface area contributed by atoms with Crippen LogP contribution in [0.5, 0.6) is 5.75 Å². The van der Waals surface area contributed by atoms with E-state index >= 15 is 0 Å². The number of hydrogen-bond donors (Lipinski definition) is 2. The topological polar surface area (TPSA) is 148 Å². The molecule has 0 aliphatic rings. The fourth-order valence-corrected chi connectivity index (χ4v) is 3.93. The van der Waals surface area contributed by atoms with E-state index in [4.69, 9.17) is 26.2 Å². The first kappa shape index (κ1) is 33.6. The van der Waals surface area contributed by atoms with Crippen molar-refractivity contribution in [2.24, 2.45) is 5.92 Å². The van der Waals surface area contributed by atoms with Crippen molar-refractivity contribution in [1.29, 1.82) is 5.26 Å². The van der Waals surface area contributed by atoms with Gasteiger partial charge in [0.25, 0.3) is 5.56 Å². The molecular weight excluding hydrogens is 562 g/mol. The predicted octanol–water partition coefficient (Wildman–Crippen LogP) is 5.93. The number of hydrogen-bond acceptors (Lipinski definition) is 7. The molecule has 3 aromatic rings. The van der Waals surface area contributed by atoms with Crippen molar-refractivity contribution in [3.8, 4) is 22.9 Å². The van der Waals surface area contributed by atoms with Crippen molar-refractivity contribution >= 4 is 35.1 Å². The van der Waals surface area contributed by atoms with Crippen molar-refractivity contribution in [3.05, 3.63) is 81.2 Å². The van der Waals surface area contributed by atoms with Crippen molar-refractivity contribution in [2.75, 3.05) is 19.0 Å². The van der Waals surface area contributed by atoms with Gasteiger partial charge in [-0.15, -0.1) is 0 Å². The molecule has 1 heterocycles. The number of aliphatic carboxylic acids is 1.